The van der Waals surface area contributed by atoms with E-state index in [1.165, 1.54) is 23.5 Å². The van der Waals surface area contributed by atoms with E-state index in [4.69, 9.17) is 0 Å². The summed E-state index contributed by atoms with van der Waals surface area (Å²) < 4.78 is 56.8. The number of benzene rings is 1. The first-order valence-corrected chi connectivity index (χ1v) is 13.9. The van der Waals surface area contributed by atoms with Gasteiger partial charge in [0.15, 0.2) is 9.84 Å². The Hall–Kier alpha value is -2.34. The third-order valence-electron chi connectivity index (χ3n) is 6.58. The monoisotopic (exact) mass is 513 g/mol. The fourth-order valence-corrected chi connectivity index (χ4v) is 6.20. The molecule has 12 heteroatoms. The molecule has 2 saturated heterocycles. The Morgan fingerprint density at radius 2 is 1.79 bits per heavy atom. The molecule has 1 atom stereocenters. The Balaban J connectivity index is 1.42. The Labute approximate surface area is 202 Å². The van der Waals surface area contributed by atoms with E-state index in [1.807, 2.05) is 4.90 Å². The molecule has 2 fully saturated rings. The summed E-state index contributed by atoms with van der Waals surface area (Å²) in [7, 11) is -2.36. The van der Waals surface area contributed by atoms with E-state index in [1.54, 1.807) is 0 Å². The molecule has 2 aliphatic rings. The number of hydrogen-bond acceptors (Lipinski definition) is 8. The minimum atomic E-state index is -3.90. The number of carbonyl (C=O) groups is 1. The maximum absolute atomic E-state index is 14.7. The van der Waals surface area contributed by atoms with E-state index >= 15 is 0 Å². The van der Waals surface area contributed by atoms with Crippen LogP contribution >= 0.6 is 11.5 Å². The van der Waals surface area contributed by atoms with E-state index < -0.39 is 32.4 Å². The number of halogens is 2. The number of anilines is 2. The average Bonchev–Trinajstić information content (AvgIpc) is 3.41. The molecule has 34 heavy (non-hydrogen) atoms. The number of piperidine rings is 1. The molecule has 0 saturated carbocycles. The first-order valence-electron chi connectivity index (χ1n) is 11.3. The van der Waals surface area contributed by atoms with Crippen molar-refractivity contribution in [3.05, 3.63) is 29.6 Å². The number of amides is 1. The molecule has 8 nitrogen and oxygen atoms in total. The predicted molar refractivity (Wildman–Crippen MR) is 127 cm³/mol. The van der Waals surface area contributed by atoms with Gasteiger partial charge in [0.1, 0.15) is 28.4 Å². The van der Waals surface area contributed by atoms with Crippen LogP contribution in [-0.2, 0) is 14.6 Å². The van der Waals surface area contributed by atoms with Gasteiger partial charge in [0.05, 0.1) is 5.69 Å². The van der Waals surface area contributed by atoms with Gasteiger partial charge >= 0.3 is 0 Å². The van der Waals surface area contributed by atoms with Crippen molar-refractivity contribution >= 4 is 38.1 Å². The van der Waals surface area contributed by atoms with Gasteiger partial charge in [-0.25, -0.2) is 22.2 Å². The molecule has 0 radical (unpaired) electrons. The molecular weight excluding hydrogens is 484 g/mol. The van der Waals surface area contributed by atoms with Crippen molar-refractivity contribution in [2.75, 3.05) is 42.7 Å². The molecule has 1 amide bonds. The molecule has 0 spiro atoms. The van der Waals surface area contributed by atoms with E-state index in [0.29, 0.717) is 19.0 Å². The summed E-state index contributed by atoms with van der Waals surface area (Å²) in [5, 5.41) is 0.905. The number of hydrogen-bond donors (Lipinski definition) is 0. The molecule has 2 aliphatic heterocycles. The predicted octanol–water partition coefficient (Wildman–Crippen LogP) is 3.05. The van der Waals surface area contributed by atoms with Crippen LogP contribution in [0.3, 0.4) is 0 Å². The molecule has 186 valence electrons. The molecule has 1 aromatic carbocycles. The molecule has 1 aromatic heterocycles. The number of nitrogens with zero attached hydrogens (tertiary/aromatic N) is 5. The number of aromatic nitrogens is 2. The van der Waals surface area contributed by atoms with Crippen LogP contribution in [0.4, 0.5) is 19.6 Å². The molecule has 3 heterocycles. The lowest BCUT2D eigenvalue weighted by molar-refractivity contribution is -0.131. The summed E-state index contributed by atoms with van der Waals surface area (Å²) in [5.41, 5.74) is -0.128. The third-order valence-corrected chi connectivity index (χ3v) is 8.49. The van der Waals surface area contributed by atoms with Crippen LogP contribution < -0.4 is 9.80 Å². The van der Waals surface area contributed by atoms with E-state index in [-0.39, 0.29) is 23.6 Å². The van der Waals surface area contributed by atoms with Gasteiger partial charge in [0.2, 0.25) is 11.0 Å². The quantitative estimate of drug-likeness (QED) is 0.587. The minimum Gasteiger partial charge on any atom is -0.360 e. The van der Waals surface area contributed by atoms with Gasteiger partial charge in [-0.3, -0.25) is 4.79 Å². The first-order chi connectivity index (χ1) is 16.0. The fraction of sp³-hybridized carbons (Fsp3) is 0.591. The normalized spacial score (nSPS) is 20.0. The van der Waals surface area contributed by atoms with Gasteiger partial charge in [-0.05, 0) is 25.3 Å². The highest BCUT2D eigenvalue weighted by Gasteiger charge is 2.40. The zero-order valence-electron chi connectivity index (χ0n) is 19.7. The van der Waals surface area contributed by atoms with Crippen LogP contribution in [0.1, 0.15) is 44.9 Å². The number of sulfone groups is 1. The number of likely N-dealkylation sites (tertiary alicyclic amines) is 1. The zero-order chi connectivity index (χ0) is 24.8. The second-order valence-electron chi connectivity index (χ2n) is 9.26. The number of carbonyl (C=O) groups excluding carboxylic acids is 1. The maximum atomic E-state index is 14.7. The van der Waals surface area contributed by atoms with Crippen molar-refractivity contribution in [2.45, 2.75) is 56.0 Å². The Morgan fingerprint density at radius 1 is 1.12 bits per heavy atom. The summed E-state index contributed by atoms with van der Waals surface area (Å²) in [5.74, 6) is -0.902. The van der Waals surface area contributed by atoms with Gasteiger partial charge in [-0.15, -0.1) is 0 Å². The lowest BCUT2D eigenvalue weighted by atomic mass is 10.0. The van der Waals surface area contributed by atoms with Gasteiger partial charge in [-0.1, -0.05) is 13.8 Å². The lowest BCUT2D eigenvalue weighted by Gasteiger charge is -2.37. The minimum absolute atomic E-state index is 0.0776. The smallest absolute Gasteiger partial charge is 0.245 e. The molecule has 0 aliphatic carbocycles. The molecule has 1 unspecified atom stereocenters. The van der Waals surface area contributed by atoms with Crippen molar-refractivity contribution in [2.24, 2.45) is 0 Å². The van der Waals surface area contributed by atoms with Gasteiger partial charge in [0.25, 0.3) is 0 Å². The maximum Gasteiger partial charge on any atom is 0.245 e. The van der Waals surface area contributed by atoms with Crippen molar-refractivity contribution in [1.82, 2.24) is 14.3 Å². The van der Waals surface area contributed by atoms with Crippen molar-refractivity contribution in [3.63, 3.8) is 0 Å². The second-order valence-corrected chi connectivity index (χ2v) is 12.0. The van der Waals surface area contributed by atoms with Crippen LogP contribution in [0.5, 0.6) is 0 Å². The highest BCUT2D eigenvalue weighted by atomic mass is 32.2. The van der Waals surface area contributed by atoms with Crippen LogP contribution in [0.2, 0.25) is 0 Å². The van der Waals surface area contributed by atoms with E-state index in [9.17, 15) is 22.0 Å². The Morgan fingerprint density at radius 3 is 2.38 bits per heavy atom. The van der Waals surface area contributed by atoms with Gasteiger partial charge in [-0.2, -0.15) is 4.37 Å². The number of rotatable bonds is 6. The van der Waals surface area contributed by atoms with Gasteiger partial charge in [0, 0.05) is 62.5 Å². The zero-order valence-corrected chi connectivity index (χ0v) is 21.3. The summed E-state index contributed by atoms with van der Waals surface area (Å²) in [6, 6.07) is 0.983. The SMILES string of the molecule is CC(C)c1nsc(N2CCC(N3CCC(N(C)c4cc(F)c(S(C)(=O)=O)cc4F)C3=O)CC2)n1. The molecule has 4 rings (SSSR count). The molecule has 0 bridgehead atoms. The molecular formula is C22H29F2N5O3S2. The van der Waals surface area contributed by atoms with E-state index in [0.717, 1.165) is 49.2 Å². The summed E-state index contributed by atoms with van der Waals surface area (Å²) in [6.07, 6.45) is 2.90. The number of likely N-dealkylation sites (N-methyl/N-ethyl adjacent to an activating group) is 1. The van der Waals surface area contributed by atoms with Gasteiger partial charge < -0.3 is 14.7 Å². The summed E-state index contributed by atoms with van der Waals surface area (Å²) >= 11 is 1.40. The highest BCUT2D eigenvalue weighted by molar-refractivity contribution is 7.90. The largest absolute Gasteiger partial charge is 0.360 e. The topological polar surface area (TPSA) is 86.7 Å². The third kappa shape index (κ3) is 4.74. The molecule has 2 aromatic rings. The van der Waals surface area contributed by atoms with Crippen molar-refractivity contribution in [1.29, 1.82) is 0 Å². The lowest BCUT2D eigenvalue weighted by Crippen LogP contribution is -2.48. The van der Waals surface area contributed by atoms with Crippen molar-refractivity contribution in [3.8, 4) is 0 Å². The van der Waals surface area contributed by atoms with Crippen LogP contribution in [-0.4, -0.2) is 73.6 Å². The van der Waals surface area contributed by atoms with E-state index in [2.05, 4.69) is 28.1 Å². The standard InChI is InChI=1S/C22H29F2N5O3S2/c1-13(2)20-25-22(33-26-20)28-8-5-14(6-9-28)29-10-7-17(21(29)30)27(3)18-11-16(24)19(12-15(18)23)34(4,31)32/h11-14,17H,5-10H2,1-4H3. The molecule has 0 N–H and O–H groups in total. The van der Waals surface area contributed by atoms with Crippen molar-refractivity contribution < 1.29 is 22.0 Å². The summed E-state index contributed by atoms with van der Waals surface area (Å²) in [4.78, 5) is 22.6. The van der Waals surface area contributed by atoms with Crippen LogP contribution in [0, 0.1) is 11.6 Å². The Kier molecular flexibility index (Phi) is 6.83. The fourth-order valence-electron chi connectivity index (χ4n) is 4.61. The summed E-state index contributed by atoms with van der Waals surface area (Å²) in [6.45, 7) is 6.21. The average molecular weight is 514 g/mol. The Bertz CT molecular complexity index is 1180. The van der Waals surface area contributed by atoms with Crippen LogP contribution in [0.25, 0.3) is 0 Å². The van der Waals surface area contributed by atoms with Crippen LogP contribution in [0.15, 0.2) is 17.0 Å². The highest BCUT2D eigenvalue weighted by Crippen LogP contribution is 2.32. The first kappa shape index (κ1) is 24.8. The second kappa shape index (κ2) is 9.37.